The van der Waals surface area contributed by atoms with Gasteiger partial charge < -0.3 is 23.4 Å². The highest BCUT2D eigenvalue weighted by atomic mass is 16.5. The van der Waals surface area contributed by atoms with Crippen molar-refractivity contribution < 1.29 is 28.2 Å². The van der Waals surface area contributed by atoms with Crippen molar-refractivity contribution >= 4 is 22.9 Å². The van der Waals surface area contributed by atoms with Crippen LogP contribution in [0.4, 0.5) is 0 Å². The molecule has 4 rings (SSSR count). The number of hydrazone groups is 1. The summed E-state index contributed by atoms with van der Waals surface area (Å²) in [5.74, 6) is 2.32. The highest BCUT2D eigenvalue weighted by molar-refractivity contribution is 5.92. The van der Waals surface area contributed by atoms with Crippen LogP contribution in [0.5, 0.6) is 23.0 Å². The Bertz CT molecular complexity index is 1300. The molecule has 174 valence electrons. The number of carbonyl (C=O) groups is 1. The summed E-state index contributed by atoms with van der Waals surface area (Å²) in [6.07, 6.45) is 1.47. The number of nitrogens with one attached hydrogen (secondary N) is 1. The third kappa shape index (κ3) is 5.12. The molecule has 4 aromatic rings. The van der Waals surface area contributed by atoms with E-state index in [1.165, 1.54) is 27.5 Å². The van der Waals surface area contributed by atoms with Gasteiger partial charge in [0.05, 0.1) is 27.5 Å². The number of carbonyl (C=O) groups excluding carboxylic acids is 1. The second kappa shape index (κ2) is 10.4. The number of hydrogen-bond acceptors (Lipinski definition) is 7. The maximum Gasteiger partial charge on any atom is 0.307 e. The summed E-state index contributed by atoms with van der Waals surface area (Å²) in [5.41, 5.74) is 3.09. The van der Waals surface area contributed by atoms with Crippen LogP contribution in [0.15, 0.2) is 76.2 Å². The number of nitrogens with zero attached hydrogens (tertiary/aromatic N) is 1. The molecule has 8 heteroatoms. The summed E-state index contributed by atoms with van der Waals surface area (Å²) in [6.45, 7) is 0.195. The van der Waals surface area contributed by atoms with Crippen molar-refractivity contribution in [2.45, 2.75) is 6.61 Å². The van der Waals surface area contributed by atoms with Crippen LogP contribution < -0.4 is 24.4 Å². The maximum absolute atomic E-state index is 12.4. The molecule has 0 saturated heterocycles. The molecule has 0 radical (unpaired) electrons. The van der Waals surface area contributed by atoms with Crippen molar-refractivity contribution in [3.05, 3.63) is 83.8 Å². The molecule has 0 spiro atoms. The quantitative estimate of drug-likeness (QED) is 0.285. The summed E-state index contributed by atoms with van der Waals surface area (Å²) in [5, 5.41) is 6.21. The van der Waals surface area contributed by atoms with E-state index in [-0.39, 0.29) is 12.4 Å². The first-order valence-electron chi connectivity index (χ1n) is 10.4. The molecule has 0 unspecified atom stereocenters. The highest BCUT2D eigenvalue weighted by Gasteiger charge is 2.13. The zero-order valence-corrected chi connectivity index (χ0v) is 19.0. The molecule has 34 heavy (non-hydrogen) atoms. The molecule has 0 fully saturated rings. The van der Waals surface area contributed by atoms with Gasteiger partial charge in [-0.05, 0) is 47.2 Å². The molecular formula is C26H24N2O6. The SMILES string of the molecule is COc1cc(C=NNC(=O)c2ccc(COc3ccc4ccccc4c3)o2)cc(OC)c1OC. The lowest BCUT2D eigenvalue weighted by Crippen LogP contribution is -2.16. The highest BCUT2D eigenvalue weighted by Crippen LogP contribution is 2.37. The number of rotatable bonds is 9. The number of fused-ring (bicyclic) bond motifs is 1. The van der Waals surface area contributed by atoms with Gasteiger partial charge in [-0.2, -0.15) is 5.10 Å². The predicted molar refractivity (Wildman–Crippen MR) is 128 cm³/mol. The second-order valence-corrected chi connectivity index (χ2v) is 7.22. The van der Waals surface area contributed by atoms with Gasteiger partial charge in [-0.3, -0.25) is 4.79 Å². The van der Waals surface area contributed by atoms with Gasteiger partial charge in [0.2, 0.25) is 5.75 Å². The third-order valence-electron chi connectivity index (χ3n) is 5.05. The Balaban J connectivity index is 1.36. The molecule has 1 amide bonds. The summed E-state index contributed by atoms with van der Waals surface area (Å²) >= 11 is 0. The van der Waals surface area contributed by atoms with E-state index in [1.54, 1.807) is 24.3 Å². The minimum atomic E-state index is -0.486. The predicted octanol–water partition coefficient (Wildman–Crippen LogP) is 4.80. The Morgan fingerprint density at radius 2 is 1.65 bits per heavy atom. The standard InChI is InChI=1S/C26H24N2O6/c1-30-23-12-17(13-24(31-2)25(23)32-3)15-27-28-26(29)22-11-10-21(34-22)16-33-20-9-8-18-6-4-5-7-19(18)14-20/h4-15H,16H2,1-3H3,(H,28,29). The van der Waals surface area contributed by atoms with Crippen LogP contribution in [0, 0.1) is 0 Å². The normalized spacial score (nSPS) is 10.9. The van der Waals surface area contributed by atoms with E-state index in [1.807, 2.05) is 42.5 Å². The van der Waals surface area contributed by atoms with Gasteiger partial charge in [-0.15, -0.1) is 0 Å². The van der Waals surface area contributed by atoms with Gasteiger partial charge in [0.1, 0.15) is 18.1 Å². The average Bonchev–Trinajstić information content (AvgIpc) is 3.36. The minimum Gasteiger partial charge on any atom is -0.493 e. The van der Waals surface area contributed by atoms with Gasteiger partial charge >= 0.3 is 5.91 Å². The topological polar surface area (TPSA) is 91.5 Å². The number of ether oxygens (including phenoxy) is 4. The van der Waals surface area contributed by atoms with Crippen LogP contribution in [0.3, 0.4) is 0 Å². The Kier molecular flexibility index (Phi) is 6.98. The summed E-state index contributed by atoms with van der Waals surface area (Å²) in [7, 11) is 4.58. The van der Waals surface area contributed by atoms with Crippen molar-refractivity contribution in [3.8, 4) is 23.0 Å². The van der Waals surface area contributed by atoms with Crippen molar-refractivity contribution in [1.29, 1.82) is 0 Å². The zero-order chi connectivity index (χ0) is 23.9. The Hall–Kier alpha value is -4.46. The van der Waals surface area contributed by atoms with Crippen molar-refractivity contribution in [2.75, 3.05) is 21.3 Å². The summed E-state index contributed by atoms with van der Waals surface area (Å²) < 4.78 is 27.3. The van der Waals surface area contributed by atoms with Crippen LogP contribution in [-0.2, 0) is 6.61 Å². The van der Waals surface area contributed by atoms with Gasteiger partial charge in [0.25, 0.3) is 0 Å². The third-order valence-corrected chi connectivity index (χ3v) is 5.05. The van der Waals surface area contributed by atoms with Gasteiger partial charge in [0.15, 0.2) is 17.3 Å². The summed E-state index contributed by atoms with van der Waals surface area (Å²) in [4.78, 5) is 12.4. The fraction of sp³-hybridized carbons (Fsp3) is 0.154. The van der Waals surface area contributed by atoms with Gasteiger partial charge in [-0.1, -0.05) is 30.3 Å². The molecule has 0 bridgehead atoms. The van der Waals surface area contributed by atoms with E-state index in [0.29, 0.717) is 28.6 Å². The number of benzene rings is 3. The van der Waals surface area contributed by atoms with Crippen LogP contribution in [0.25, 0.3) is 10.8 Å². The Morgan fingerprint density at radius 1 is 0.912 bits per heavy atom. The molecule has 1 heterocycles. The zero-order valence-electron chi connectivity index (χ0n) is 19.0. The molecular weight excluding hydrogens is 436 g/mol. The first-order valence-corrected chi connectivity index (χ1v) is 10.4. The number of methoxy groups -OCH3 is 3. The number of amides is 1. The fourth-order valence-corrected chi connectivity index (χ4v) is 3.39. The molecule has 1 N–H and O–H groups in total. The van der Waals surface area contributed by atoms with Crippen LogP contribution in [-0.4, -0.2) is 33.5 Å². The monoisotopic (exact) mass is 460 g/mol. The lowest BCUT2D eigenvalue weighted by Gasteiger charge is -2.12. The van der Waals surface area contributed by atoms with Gasteiger partial charge in [-0.25, -0.2) is 5.43 Å². The molecule has 3 aromatic carbocycles. The average molecular weight is 460 g/mol. The molecule has 0 aliphatic heterocycles. The van der Waals surface area contributed by atoms with Gasteiger partial charge in [0, 0.05) is 5.56 Å². The van der Waals surface area contributed by atoms with Crippen LogP contribution in [0.1, 0.15) is 21.9 Å². The van der Waals surface area contributed by atoms with E-state index < -0.39 is 5.91 Å². The maximum atomic E-state index is 12.4. The molecule has 1 aromatic heterocycles. The molecule has 0 aliphatic carbocycles. The van der Waals surface area contributed by atoms with Crippen molar-refractivity contribution in [3.63, 3.8) is 0 Å². The summed E-state index contributed by atoms with van der Waals surface area (Å²) in [6, 6.07) is 20.6. The van der Waals surface area contributed by atoms with E-state index in [0.717, 1.165) is 16.5 Å². The minimum absolute atomic E-state index is 0.124. The first-order chi connectivity index (χ1) is 16.6. The lowest BCUT2D eigenvalue weighted by atomic mass is 10.1. The van der Waals surface area contributed by atoms with Crippen LogP contribution in [0.2, 0.25) is 0 Å². The Labute approximate surface area is 196 Å². The van der Waals surface area contributed by atoms with E-state index in [2.05, 4.69) is 10.5 Å². The Morgan fingerprint density at radius 3 is 2.35 bits per heavy atom. The number of furan rings is 1. The first kappa shape index (κ1) is 22.7. The van der Waals surface area contributed by atoms with E-state index in [4.69, 9.17) is 23.4 Å². The second-order valence-electron chi connectivity index (χ2n) is 7.22. The smallest absolute Gasteiger partial charge is 0.307 e. The van der Waals surface area contributed by atoms with Crippen molar-refractivity contribution in [2.24, 2.45) is 5.10 Å². The fourth-order valence-electron chi connectivity index (χ4n) is 3.39. The van der Waals surface area contributed by atoms with E-state index >= 15 is 0 Å². The van der Waals surface area contributed by atoms with Crippen LogP contribution >= 0.6 is 0 Å². The number of hydrogen-bond donors (Lipinski definition) is 1. The molecule has 0 saturated carbocycles. The lowest BCUT2D eigenvalue weighted by molar-refractivity contribution is 0.0923. The molecule has 8 nitrogen and oxygen atoms in total. The van der Waals surface area contributed by atoms with Crippen molar-refractivity contribution in [1.82, 2.24) is 5.43 Å². The van der Waals surface area contributed by atoms with E-state index in [9.17, 15) is 4.79 Å². The molecule has 0 atom stereocenters. The molecule has 0 aliphatic rings. The largest absolute Gasteiger partial charge is 0.493 e.